The van der Waals surface area contributed by atoms with Crippen LogP contribution in [-0.2, 0) is 16.1 Å². The number of hydrogen-bond acceptors (Lipinski definition) is 5. The fourth-order valence-electron chi connectivity index (χ4n) is 4.36. The van der Waals surface area contributed by atoms with Crippen molar-refractivity contribution >= 4 is 23.4 Å². The molecular weight excluding hydrogens is 422 g/mol. The maximum Gasteiger partial charge on any atom is 0.410 e. The van der Waals surface area contributed by atoms with Gasteiger partial charge in [0.25, 0.3) is 0 Å². The summed E-state index contributed by atoms with van der Waals surface area (Å²) < 4.78 is 10.5. The molecule has 1 aliphatic rings. The van der Waals surface area contributed by atoms with Crippen LogP contribution in [0.5, 0.6) is 0 Å². The Bertz CT molecular complexity index is 1060. The van der Waals surface area contributed by atoms with E-state index in [-0.39, 0.29) is 24.7 Å². The summed E-state index contributed by atoms with van der Waals surface area (Å²) in [7, 11) is 1.37. The first-order valence-corrected chi connectivity index (χ1v) is 11.6. The van der Waals surface area contributed by atoms with E-state index >= 15 is 0 Å². The van der Waals surface area contributed by atoms with Crippen LogP contribution in [0.4, 0.5) is 4.79 Å². The molecule has 2 heterocycles. The SMILES string of the molecule is COC(=O)c1ccc([C@@H]2CC(c3ccsc3C)CCN2C(=O)OCc2ccccc2)cc1. The van der Waals surface area contributed by atoms with E-state index in [0.29, 0.717) is 18.0 Å². The van der Waals surface area contributed by atoms with E-state index in [2.05, 4.69) is 18.4 Å². The Hall–Kier alpha value is -3.12. The zero-order valence-electron chi connectivity index (χ0n) is 18.3. The molecule has 5 nitrogen and oxygen atoms in total. The average molecular weight is 450 g/mol. The maximum absolute atomic E-state index is 13.1. The molecular formula is C26H27NO4S. The largest absolute Gasteiger partial charge is 0.465 e. The average Bonchev–Trinajstić information content (AvgIpc) is 3.28. The number of thiophene rings is 1. The number of esters is 1. The second-order valence-electron chi connectivity index (χ2n) is 8.02. The van der Waals surface area contributed by atoms with E-state index in [1.807, 2.05) is 47.4 Å². The number of carbonyl (C=O) groups excluding carboxylic acids is 2. The molecule has 0 bridgehead atoms. The Morgan fingerprint density at radius 2 is 1.81 bits per heavy atom. The van der Waals surface area contributed by atoms with Gasteiger partial charge in [0.05, 0.1) is 18.7 Å². The van der Waals surface area contributed by atoms with Gasteiger partial charge in [0, 0.05) is 11.4 Å². The minimum atomic E-state index is -0.369. The molecule has 0 spiro atoms. The number of likely N-dealkylation sites (tertiary alicyclic amines) is 1. The first-order chi connectivity index (χ1) is 15.6. The summed E-state index contributed by atoms with van der Waals surface area (Å²) >= 11 is 1.76. The molecule has 1 amide bonds. The summed E-state index contributed by atoms with van der Waals surface area (Å²) in [6.45, 7) is 3.02. The van der Waals surface area contributed by atoms with E-state index in [4.69, 9.17) is 9.47 Å². The van der Waals surface area contributed by atoms with E-state index in [1.165, 1.54) is 17.6 Å². The zero-order valence-corrected chi connectivity index (χ0v) is 19.1. The van der Waals surface area contributed by atoms with Crippen LogP contribution in [0.1, 0.15) is 56.7 Å². The number of carbonyl (C=O) groups is 2. The topological polar surface area (TPSA) is 55.8 Å². The van der Waals surface area contributed by atoms with Crippen molar-refractivity contribution in [3.63, 3.8) is 0 Å². The summed E-state index contributed by atoms with van der Waals surface area (Å²) in [5, 5.41) is 2.13. The Morgan fingerprint density at radius 3 is 2.47 bits per heavy atom. The van der Waals surface area contributed by atoms with Crippen LogP contribution >= 0.6 is 11.3 Å². The third-order valence-electron chi connectivity index (χ3n) is 6.10. The van der Waals surface area contributed by atoms with Gasteiger partial charge in [-0.2, -0.15) is 0 Å². The van der Waals surface area contributed by atoms with E-state index in [9.17, 15) is 9.59 Å². The molecule has 1 fully saturated rings. The van der Waals surface area contributed by atoms with Crippen molar-refractivity contribution < 1.29 is 19.1 Å². The van der Waals surface area contributed by atoms with Crippen molar-refractivity contribution in [2.45, 2.75) is 38.3 Å². The van der Waals surface area contributed by atoms with Crippen LogP contribution in [0.25, 0.3) is 0 Å². The van der Waals surface area contributed by atoms with Gasteiger partial charge >= 0.3 is 12.1 Å². The number of amides is 1. The lowest BCUT2D eigenvalue weighted by atomic mass is 9.83. The minimum absolute atomic E-state index is 0.122. The molecule has 166 valence electrons. The summed E-state index contributed by atoms with van der Waals surface area (Å²) in [5.74, 6) is 0.0100. The summed E-state index contributed by atoms with van der Waals surface area (Å²) in [5.41, 5.74) is 3.81. The standard InChI is InChI=1S/C26H27NO4S/c1-18-23(13-15-32-18)22-12-14-27(26(29)31-17-19-6-4-3-5-7-19)24(16-22)20-8-10-21(11-9-20)25(28)30-2/h3-11,13,15,22,24H,12,14,16-17H2,1-2H3/t22?,24-/m0/s1. The smallest absolute Gasteiger partial charge is 0.410 e. The van der Waals surface area contributed by atoms with Crippen LogP contribution in [0.3, 0.4) is 0 Å². The molecule has 1 aliphatic heterocycles. The highest BCUT2D eigenvalue weighted by Gasteiger charge is 2.35. The highest BCUT2D eigenvalue weighted by Crippen LogP contribution is 2.41. The van der Waals surface area contributed by atoms with Gasteiger partial charge in [-0.05, 0) is 66.0 Å². The highest BCUT2D eigenvalue weighted by molar-refractivity contribution is 7.10. The number of methoxy groups -OCH3 is 1. The molecule has 32 heavy (non-hydrogen) atoms. The normalized spacial score (nSPS) is 18.2. The molecule has 3 aromatic rings. The number of hydrogen-bond donors (Lipinski definition) is 0. The van der Waals surface area contributed by atoms with E-state index in [0.717, 1.165) is 24.0 Å². The monoisotopic (exact) mass is 449 g/mol. The van der Waals surface area contributed by atoms with Gasteiger partial charge in [0.15, 0.2) is 0 Å². The van der Waals surface area contributed by atoms with E-state index < -0.39 is 0 Å². The van der Waals surface area contributed by atoms with Gasteiger partial charge in [-0.25, -0.2) is 9.59 Å². The van der Waals surface area contributed by atoms with Gasteiger partial charge in [-0.15, -0.1) is 11.3 Å². The molecule has 1 saturated heterocycles. The first-order valence-electron chi connectivity index (χ1n) is 10.8. The molecule has 0 saturated carbocycles. The van der Waals surface area contributed by atoms with Crippen molar-refractivity contribution in [3.05, 3.63) is 93.2 Å². The Morgan fingerprint density at radius 1 is 1.06 bits per heavy atom. The fourth-order valence-corrected chi connectivity index (χ4v) is 5.15. The van der Waals surface area contributed by atoms with Crippen molar-refractivity contribution in [3.8, 4) is 0 Å². The van der Waals surface area contributed by atoms with Crippen molar-refractivity contribution in [2.24, 2.45) is 0 Å². The summed E-state index contributed by atoms with van der Waals surface area (Å²) in [6.07, 6.45) is 1.40. The predicted octanol–water partition coefficient (Wildman–Crippen LogP) is 6.10. The number of rotatable bonds is 5. The number of piperidine rings is 1. The first kappa shape index (κ1) is 22.1. The number of aryl methyl sites for hydroxylation is 1. The van der Waals surface area contributed by atoms with E-state index in [1.54, 1.807) is 23.5 Å². The number of benzene rings is 2. The molecule has 0 N–H and O–H groups in total. The van der Waals surface area contributed by atoms with Crippen LogP contribution in [0, 0.1) is 6.92 Å². The second kappa shape index (κ2) is 10.0. The molecule has 6 heteroatoms. The lowest BCUT2D eigenvalue weighted by molar-refractivity contribution is 0.0596. The third-order valence-corrected chi connectivity index (χ3v) is 6.96. The lowest BCUT2D eigenvalue weighted by Crippen LogP contribution is -2.41. The van der Waals surface area contributed by atoms with Gasteiger partial charge in [-0.3, -0.25) is 0 Å². The van der Waals surface area contributed by atoms with Gasteiger partial charge < -0.3 is 14.4 Å². The summed E-state index contributed by atoms with van der Waals surface area (Å²) in [6, 6.07) is 19.1. The predicted molar refractivity (Wildman–Crippen MR) is 125 cm³/mol. The zero-order chi connectivity index (χ0) is 22.5. The molecule has 0 aliphatic carbocycles. The third kappa shape index (κ3) is 4.86. The van der Waals surface area contributed by atoms with Crippen LogP contribution < -0.4 is 0 Å². The fraction of sp³-hybridized carbons (Fsp3) is 0.308. The Kier molecular flexibility index (Phi) is 6.90. The lowest BCUT2D eigenvalue weighted by Gasteiger charge is -2.39. The highest BCUT2D eigenvalue weighted by atomic mass is 32.1. The molecule has 0 radical (unpaired) electrons. The number of nitrogens with zero attached hydrogens (tertiary/aromatic N) is 1. The molecule has 4 rings (SSSR count). The van der Waals surface area contributed by atoms with Gasteiger partial charge in [0.1, 0.15) is 6.61 Å². The quantitative estimate of drug-likeness (QED) is 0.442. The summed E-state index contributed by atoms with van der Waals surface area (Å²) in [4.78, 5) is 28.1. The van der Waals surface area contributed by atoms with Gasteiger partial charge in [0.2, 0.25) is 0 Å². The minimum Gasteiger partial charge on any atom is -0.465 e. The molecule has 1 unspecified atom stereocenters. The molecule has 2 atom stereocenters. The maximum atomic E-state index is 13.1. The van der Waals surface area contributed by atoms with Crippen LogP contribution in [-0.4, -0.2) is 30.6 Å². The molecule has 2 aromatic carbocycles. The van der Waals surface area contributed by atoms with Crippen LogP contribution in [0.15, 0.2) is 66.0 Å². The molecule has 1 aromatic heterocycles. The van der Waals surface area contributed by atoms with Gasteiger partial charge in [-0.1, -0.05) is 42.5 Å². The Balaban J connectivity index is 1.55. The van der Waals surface area contributed by atoms with Crippen molar-refractivity contribution in [1.29, 1.82) is 0 Å². The van der Waals surface area contributed by atoms with Crippen molar-refractivity contribution in [1.82, 2.24) is 4.90 Å². The Labute approximate surface area is 192 Å². The second-order valence-corrected chi connectivity index (χ2v) is 9.14. The number of ether oxygens (including phenoxy) is 2. The van der Waals surface area contributed by atoms with Crippen molar-refractivity contribution in [2.75, 3.05) is 13.7 Å². The van der Waals surface area contributed by atoms with Crippen LogP contribution in [0.2, 0.25) is 0 Å².